The third-order valence-electron chi connectivity index (χ3n) is 4.09. The molecule has 3 rings (SSSR count). The molecule has 1 fully saturated rings. The molecule has 106 valence electrons. The van der Waals surface area contributed by atoms with E-state index >= 15 is 0 Å². The van der Waals surface area contributed by atoms with Gasteiger partial charge in [0.15, 0.2) is 0 Å². The number of aliphatic hydroxyl groups is 1. The Balaban J connectivity index is 1.56. The lowest BCUT2D eigenvalue weighted by atomic mass is 10.0. The van der Waals surface area contributed by atoms with Gasteiger partial charge in [0, 0.05) is 5.39 Å². The second kappa shape index (κ2) is 6.23. The van der Waals surface area contributed by atoms with Crippen LogP contribution in [-0.4, -0.2) is 22.8 Å². The smallest absolute Gasteiger partial charge is 0.138 e. The zero-order chi connectivity index (χ0) is 13.8. The molecule has 1 unspecified atom stereocenters. The first-order chi connectivity index (χ1) is 9.81. The molecule has 1 aromatic carbocycles. The molecule has 0 saturated heterocycles. The molecule has 1 aromatic heterocycles. The second-order valence-corrected chi connectivity index (χ2v) is 5.71. The van der Waals surface area contributed by atoms with Crippen LogP contribution in [0.5, 0.6) is 5.75 Å². The Hall–Kier alpha value is -1.61. The maximum Gasteiger partial charge on any atom is 0.138 e. The van der Waals surface area contributed by atoms with Gasteiger partial charge < -0.3 is 9.84 Å². The number of aliphatic hydroxyl groups excluding tert-OH is 1. The Labute approximate surface area is 119 Å². The maximum atomic E-state index is 10.0. The number of pyridine rings is 1. The highest BCUT2D eigenvalue weighted by atomic mass is 16.5. The van der Waals surface area contributed by atoms with Crippen LogP contribution in [0.3, 0.4) is 0 Å². The quantitative estimate of drug-likeness (QED) is 0.904. The van der Waals surface area contributed by atoms with Crippen molar-refractivity contribution in [2.75, 3.05) is 6.61 Å². The summed E-state index contributed by atoms with van der Waals surface area (Å²) in [4.78, 5) is 4.36. The highest BCUT2D eigenvalue weighted by Crippen LogP contribution is 2.28. The van der Waals surface area contributed by atoms with Crippen LogP contribution in [0.25, 0.3) is 10.9 Å². The van der Waals surface area contributed by atoms with E-state index in [1.807, 2.05) is 30.3 Å². The fourth-order valence-corrected chi connectivity index (χ4v) is 3.02. The molecule has 0 aliphatic heterocycles. The number of benzene rings is 1. The molecule has 0 radical (unpaired) electrons. The third-order valence-corrected chi connectivity index (χ3v) is 4.09. The molecule has 0 amide bonds. The van der Waals surface area contributed by atoms with Crippen molar-refractivity contribution in [3.63, 3.8) is 0 Å². The van der Waals surface area contributed by atoms with Gasteiger partial charge in [0.1, 0.15) is 12.4 Å². The Bertz CT molecular complexity index is 564. The minimum Gasteiger partial charge on any atom is -0.489 e. The summed E-state index contributed by atoms with van der Waals surface area (Å²) in [6.07, 6.45) is 7.36. The Morgan fingerprint density at radius 2 is 2.05 bits per heavy atom. The summed E-state index contributed by atoms with van der Waals surface area (Å²) in [6, 6.07) is 9.94. The van der Waals surface area contributed by atoms with Gasteiger partial charge in [-0.3, -0.25) is 4.98 Å². The lowest BCUT2D eigenvalue weighted by molar-refractivity contribution is 0.0854. The van der Waals surface area contributed by atoms with Crippen LogP contribution in [0.1, 0.15) is 32.1 Å². The van der Waals surface area contributed by atoms with Crippen LogP contribution in [-0.2, 0) is 0 Å². The summed E-state index contributed by atoms with van der Waals surface area (Å²) in [5.41, 5.74) is 0.964. The van der Waals surface area contributed by atoms with Crippen LogP contribution >= 0.6 is 0 Å². The van der Waals surface area contributed by atoms with Gasteiger partial charge in [0.25, 0.3) is 0 Å². The van der Waals surface area contributed by atoms with E-state index in [-0.39, 0.29) is 6.10 Å². The predicted molar refractivity (Wildman–Crippen MR) is 79.8 cm³/mol. The molecule has 2 aromatic rings. The number of ether oxygens (including phenoxy) is 1. The molecular weight excluding hydrogens is 250 g/mol. The lowest BCUT2D eigenvalue weighted by Crippen LogP contribution is -2.20. The van der Waals surface area contributed by atoms with Crippen LogP contribution in [0, 0.1) is 5.92 Å². The SMILES string of the molecule is OC(COc1cnc2ccccc2c1)CC1CCCC1. The van der Waals surface area contributed by atoms with Gasteiger partial charge in [-0.05, 0) is 24.5 Å². The van der Waals surface area contributed by atoms with Crippen molar-refractivity contribution in [2.45, 2.75) is 38.2 Å². The van der Waals surface area contributed by atoms with Gasteiger partial charge in [-0.15, -0.1) is 0 Å². The van der Waals surface area contributed by atoms with Gasteiger partial charge in [-0.1, -0.05) is 43.9 Å². The number of rotatable bonds is 5. The second-order valence-electron chi connectivity index (χ2n) is 5.71. The fourth-order valence-electron chi connectivity index (χ4n) is 3.02. The van der Waals surface area contributed by atoms with Crippen molar-refractivity contribution in [3.05, 3.63) is 36.5 Å². The van der Waals surface area contributed by atoms with E-state index in [9.17, 15) is 5.11 Å². The first-order valence-electron chi connectivity index (χ1n) is 7.47. The van der Waals surface area contributed by atoms with Crippen LogP contribution in [0.2, 0.25) is 0 Å². The first-order valence-corrected chi connectivity index (χ1v) is 7.47. The van der Waals surface area contributed by atoms with Crippen molar-refractivity contribution >= 4 is 10.9 Å². The van der Waals surface area contributed by atoms with Crippen LogP contribution in [0.15, 0.2) is 36.5 Å². The molecule has 1 aliphatic carbocycles. The number of fused-ring (bicyclic) bond motifs is 1. The predicted octanol–water partition coefficient (Wildman–Crippen LogP) is 3.55. The molecular formula is C17H21NO2. The average molecular weight is 271 g/mol. The molecule has 1 saturated carbocycles. The van der Waals surface area contributed by atoms with Crippen molar-refractivity contribution in [2.24, 2.45) is 5.92 Å². The van der Waals surface area contributed by atoms with E-state index in [1.54, 1.807) is 6.20 Å². The number of hydrogen-bond acceptors (Lipinski definition) is 3. The molecule has 1 heterocycles. The molecule has 1 N–H and O–H groups in total. The molecule has 1 atom stereocenters. The monoisotopic (exact) mass is 271 g/mol. The minimum absolute atomic E-state index is 0.358. The lowest BCUT2D eigenvalue weighted by Gasteiger charge is -2.16. The zero-order valence-corrected chi connectivity index (χ0v) is 11.7. The summed E-state index contributed by atoms with van der Waals surface area (Å²) in [5.74, 6) is 1.41. The summed E-state index contributed by atoms with van der Waals surface area (Å²) >= 11 is 0. The van der Waals surface area contributed by atoms with E-state index in [4.69, 9.17) is 4.74 Å². The Kier molecular flexibility index (Phi) is 4.16. The van der Waals surface area contributed by atoms with Crippen molar-refractivity contribution < 1.29 is 9.84 Å². The van der Waals surface area contributed by atoms with Gasteiger partial charge in [0.05, 0.1) is 17.8 Å². The number of hydrogen-bond donors (Lipinski definition) is 1. The highest BCUT2D eigenvalue weighted by Gasteiger charge is 2.19. The van der Waals surface area contributed by atoms with Gasteiger partial charge in [0.2, 0.25) is 0 Å². The zero-order valence-electron chi connectivity index (χ0n) is 11.7. The van der Waals surface area contributed by atoms with Gasteiger partial charge in [-0.2, -0.15) is 0 Å². The fraction of sp³-hybridized carbons (Fsp3) is 0.471. The molecule has 0 spiro atoms. The molecule has 3 nitrogen and oxygen atoms in total. The number of aromatic nitrogens is 1. The van der Waals surface area contributed by atoms with Crippen molar-refractivity contribution in [1.29, 1.82) is 0 Å². The van der Waals surface area contributed by atoms with E-state index < -0.39 is 0 Å². The largest absolute Gasteiger partial charge is 0.489 e. The molecule has 0 bridgehead atoms. The minimum atomic E-state index is -0.371. The number of nitrogens with zero attached hydrogens (tertiary/aromatic N) is 1. The summed E-state index contributed by atoms with van der Waals surface area (Å²) < 4.78 is 5.67. The molecule has 1 aliphatic rings. The van der Waals surface area contributed by atoms with E-state index in [0.29, 0.717) is 12.5 Å². The van der Waals surface area contributed by atoms with Crippen LogP contribution in [0.4, 0.5) is 0 Å². The highest BCUT2D eigenvalue weighted by molar-refractivity contribution is 5.79. The van der Waals surface area contributed by atoms with E-state index in [0.717, 1.165) is 23.1 Å². The van der Waals surface area contributed by atoms with E-state index in [1.165, 1.54) is 25.7 Å². The summed E-state index contributed by atoms with van der Waals surface area (Å²) in [7, 11) is 0. The van der Waals surface area contributed by atoms with Crippen molar-refractivity contribution in [3.8, 4) is 5.75 Å². The van der Waals surface area contributed by atoms with E-state index in [2.05, 4.69) is 4.98 Å². The summed E-state index contributed by atoms with van der Waals surface area (Å²) in [6.45, 7) is 0.358. The third kappa shape index (κ3) is 3.28. The Morgan fingerprint density at radius 1 is 1.25 bits per heavy atom. The number of para-hydroxylation sites is 1. The topological polar surface area (TPSA) is 42.4 Å². The first kappa shape index (κ1) is 13.4. The van der Waals surface area contributed by atoms with Crippen LogP contribution < -0.4 is 4.74 Å². The normalized spacial score (nSPS) is 17.4. The van der Waals surface area contributed by atoms with Crippen molar-refractivity contribution in [1.82, 2.24) is 4.98 Å². The molecule has 3 heteroatoms. The average Bonchev–Trinajstić information content (AvgIpc) is 2.98. The standard InChI is InChI=1S/C17H21NO2/c19-15(9-13-5-1-2-6-13)12-20-16-10-14-7-3-4-8-17(14)18-11-16/h3-4,7-8,10-11,13,15,19H,1-2,5-6,9,12H2. The Morgan fingerprint density at radius 3 is 2.90 bits per heavy atom. The maximum absolute atomic E-state index is 10.0. The van der Waals surface area contributed by atoms with Gasteiger partial charge in [-0.25, -0.2) is 0 Å². The van der Waals surface area contributed by atoms with Gasteiger partial charge >= 0.3 is 0 Å². The molecule has 20 heavy (non-hydrogen) atoms. The summed E-state index contributed by atoms with van der Waals surface area (Å²) in [5, 5.41) is 11.1.